The summed E-state index contributed by atoms with van der Waals surface area (Å²) in [4.78, 5) is 12.0. The van der Waals surface area contributed by atoms with Crippen molar-refractivity contribution in [1.82, 2.24) is 5.32 Å². The van der Waals surface area contributed by atoms with Crippen LogP contribution in [0.1, 0.15) is 37.6 Å². The van der Waals surface area contributed by atoms with Crippen LogP contribution < -0.4 is 5.32 Å². The Morgan fingerprint density at radius 2 is 1.86 bits per heavy atom. The lowest BCUT2D eigenvalue weighted by atomic mass is 10.0. The number of carbonyl (C=O) groups is 1. The number of hydrogen-bond donors (Lipinski definition) is 1. The zero-order chi connectivity index (χ0) is 16.4. The van der Waals surface area contributed by atoms with Crippen LogP contribution in [0.3, 0.4) is 0 Å². The van der Waals surface area contributed by atoms with Crippen molar-refractivity contribution in [2.75, 3.05) is 0 Å². The van der Waals surface area contributed by atoms with Gasteiger partial charge in [-0.15, -0.1) is 0 Å². The Morgan fingerprint density at radius 3 is 2.29 bits per heavy atom. The van der Waals surface area contributed by atoms with Crippen molar-refractivity contribution in [3.05, 3.63) is 27.7 Å². The molecule has 0 bridgehead atoms. The highest BCUT2D eigenvalue weighted by Crippen LogP contribution is 2.31. The zero-order valence-electron chi connectivity index (χ0n) is 11.8. The first-order chi connectivity index (χ1) is 9.57. The highest BCUT2D eigenvalue weighted by atomic mass is 35.7. The molecule has 0 spiro atoms. The molecule has 0 aliphatic carbocycles. The van der Waals surface area contributed by atoms with E-state index in [0.717, 1.165) is 18.6 Å². The van der Waals surface area contributed by atoms with E-state index in [1.165, 1.54) is 0 Å². The highest BCUT2D eigenvalue weighted by molar-refractivity contribution is 8.13. The van der Waals surface area contributed by atoms with Gasteiger partial charge in [0.15, 0.2) is 0 Å². The molecular formula is C13H16Cl3NO3S. The fraction of sp³-hybridized carbons (Fsp3) is 0.462. The van der Waals surface area contributed by atoms with E-state index >= 15 is 0 Å². The van der Waals surface area contributed by atoms with Gasteiger partial charge in [-0.1, -0.05) is 44.0 Å². The number of rotatable bonds is 5. The number of amides is 1. The first-order valence-electron chi connectivity index (χ1n) is 6.32. The van der Waals surface area contributed by atoms with Crippen LogP contribution in [-0.4, -0.2) is 20.4 Å². The Labute approximate surface area is 139 Å². The summed E-state index contributed by atoms with van der Waals surface area (Å²) in [6.07, 6.45) is 0.738. The zero-order valence-corrected chi connectivity index (χ0v) is 14.9. The molecule has 118 valence electrons. The fourth-order valence-electron chi connectivity index (χ4n) is 1.86. The summed E-state index contributed by atoms with van der Waals surface area (Å²) < 4.78 is 22.8. The van der Waals surface area contributed by atoms with Gasteiger partial charge in [-0.05, 0) is 24.5 Å². The van der Waals surface area contributed by atoms with Crippen LogP contribution in [0.5, 0.6) is 0 Å². The van der Waals surface area contributed by atoms with E-state index in [1.54, 1.807) is 0 Å². The molecule has 0 heterocycles. The Morgan fingerprint density at radius 1 is 1.29 bits per heavy atom. The molecule has 1 aromatic rings. The predicted octanol–water partition coefficient (Wildman–Crippen LogP) is 4.09. The molecule has 4 nitrogen and oxygen atoms in total. The van der Waals surface area contributed by atoms with Crippen LogP contribution >= 0.6 is 33.9 Å². The molecule has 1 rings (SSSR count). The molecule has 0 fully saturated rings. The molecule has 1 unspecified atom stereocenters. The summed E-state index contributed by atoms with van der Waals surface area (Å²) in [6.45, 7) is 5.89. The van der Waals surface area contributed by atoms with Crippen molar-refractivity contribution >= 4 is 48.8 Å². The summed E-state index contributed by atoms with van der Waals surface area (Å²) in [5.74, 6) is -0.252. The average molecular weight is 373 g/mol. The van der Waals surface area contributed by atoms with Crippen molar-refractivity contribution < 1.29 is 13.2 Å². The normalized spacial score (nSPS) is 13.3. The van der Waals surface area contributed by atoms with Crippen LogP contribution in [0.25, 0.3) is 0 Å². The van der Waals surface area contributed by atoms with E-state index in [-0.39, 0.29) is 32.5 Å². The van der Waals surface area contributed by atoms with E-state index < -0.39 is 15.0 Å². The van der Waals surface area contributed by atoms with Crippen molar-refractivity contribution in [1.29, 1.82) is 0 Å². The molecule has 1 atom stereocenters. The van der Waals surface area contributed by atoms with Gasteiger partial charge in [0, 0.05) is 16.7 Å². The maximum Gasteiger partial charge on any atom is 0.261 e. The lowest BCUT2D eigenvalue weighted by Crippen LogP contribution is -2.38. The first-order valence-corrected chi connectivity index (χ1v) is 9.39. The molecule has 0 saturated heterocycles. The van der Waals surface area contributed by atoms with E-state index in [4.69, 9.17) is 33.9 Å². The number of benzene rings is 1. The van der Waals surface area contributed by atoms with Crippen LogP contribution in [0.15, 0.2) is 17.0 Å². The largest absolute Gasteiger partial charge is 0.349 e. The van der Waals surface area contributed by atoms with Crippen molar-refractivity contribution in [2.24, 2.45) is 5.92 Å². The Kier molecular flexibility index (Phi) is 6.35. The fourth-order valence-corrected chi connectivity index (χ4v) is 3.12. The van der Waals surface area contributed by atoms with Crippen LogP contribution in [-0.2, 0) is 9.05 Å². The highest BCUT2D eigenvalue weighted by Gasteiger charge is 2.22. The molecule has 1 amide bonds. The monoisotopic (exact) mass is 371 g/mol. The molecule has 0 aromatic heterocycles. The topological polar surface area (TPSA) is 63.2 Å². The number of carbonyl (C=O) groups excluding carboxylic acids is 1. The molecule has 21 heavy (non-hydrogen) atoms. The van der Waals surface area contributed by atoms with Gasteiger partial charge in [0.25, 0.3) is 15.0 Å². The van der Waals surface area contributed by atoms with Gasteiger partial charge in [0.2, 0.25) is 0 Å². The maximum atomic E-state index is 12.3. The Hall–Kier alpha value is -0.490. The van der Waals surface area contributed by atoms with Gasteiger partial charge < -0.3 is 5.32 Å². The summed E-state index contributed by atoms with van der Waals surface area (Å²) in [5.41, 5.74) is -0.0116. The minimum absolute atomic E-state index is 0.00292. The first kappa shape index (κ1) is 18.6. The summed E-state index contributed by atoms with van der Waals surface area (Å²) in [7, 11) is 1.28. The molecule has 0 aliphatic rings. The van der Waals surface area contributed by atoms with Crippen molar-refractivity contribution in [3.8, 4) is 0 Å². The minimum Gasteiger partial charge on any atom is -0.349 e. The van der Waals surface area contributed by atoms with Gasteiger partial charge in [-0.2, -0.15) is 0 Å². The number of nitrogens with one attached hydrogen (secondary N) is 1. The van der Waals surface area contributed by atoms with Crippen LogP contribution in [0.2, 0.25) is 10.0 Å². The molecular weight excluding hydrogens is 357 g/mol. The predicted molar refractivity (Wildman–Crippen MR) is 85.9 cm³/mol. The van der Waals surface area contributed by atoms with Gasteiger partial charge in [0.1, 0.15) is 0 Å². The second-order valence-electron chi connectivity index (χ2n) is 4.94. The van der Waals surface area contributed by atoms with E-state index in [9.17, 15) is 13.2 Å². The molecule has 1 aromatic carbocycles. The standard InChI is InChI=1S/C13H16Cl3NO3S/c1-4-11(7(2)3)17-13(18)9-5-8(21(16,19)20)6-10(14)12(9)15/h5-7,11H,4H2,1-3H3,(H,17,18). The average Bonchev–Trinajstić information content (AvgIpc) is 2.36. The molecule has 0 aliphatic heterocycles. The Balaban J connectivity index is 3.24. The van der Waals surface area contributed by atoms with E-state index in [0.29, 0.717) is 0 Å². The van der Waals surface area contributed by atoms with Gasteiger partial charge in [0.05, 0.1) is 20.5 Å². The summed E-state index contributed by atoms with van der Waals surface area (Å²) in [5, 5.41) is 2.77. The van der Waals surface area contributed by atoms with E-state index in [1.807, 2.05) is 20.8 Å². The maximum absolute atomic E-state index is 12.3. The van der Waals surface area contributed by atoms with Gasteiger partial charge >= 0.3 is 0 Å². The molecule has 8 heteroatoms. The quantitative estimate of drug-likeness (QED) is 0.792. The minimum atomic E-state index is -4.00. The Bertz CT molecular complexity index is 644. The van der Waals surface area contributed by atoms with Crippen molar-refractivity contribution in [3.63, 3.8) is 0 Å². The molecule has 0 saturated carbocycles. The van der Waals surface area contributed by atoms with Crippen LogP contribution in [0, 0.1) is 5.92 Å². The molecule has 1 N–H and O–H groups in total. The lowest BCUT2D eigenvalue weighted by molar-refractivity contribution is 0.0924. The lowest BCUT2D eigenvalue weighted by Gasteiger charge is -2.21. The third-order valence-corrected chi connectivity index (χ3v) is 5.22. The third-order valence-electron chi connectivity index (χ3n) is 3.09. The second-order valence-corrected chi connectivity index (χ2v) is 8.29. The SMILES string of the molecule is CCC(NC(=O)c1cc(S(=O)(=O)Cl)cc(Cl)c1Cl)C(C)C. The van der Waals surface area contributed by atoms with Gasteiger partial charge in [-0.3, -0.25) is 4.79 Å². The smallest absolute Gasteiger partial charge is 0.261 e. The van der Waals surface area contributed by atoms with Gasteiger partial charge in [-0.25, -0.2) is 8.42 Å². The third kappa shape index (κ3) is 4.74. The second kappa shape index (κ2) is 7.18. The van der Waals surface area contributed by atoms with Crippen molar-refractivity contribution in [2.45, 2.75) is 38.1 Å². The number of hydrogen-bond acceptors (Lipinski definition) is 3. The molecule has 0 radical (unpaired) electrons. The van der Waals surface area contributed by atoms with E-state index in [2.05, 4.69) is 5.32 Å². The summed E-state index contributed by atoms with van der Waals surface area (Å²) >= 11 is 11.9. The summed E-state index contributed by atoms with van der Waals surface area (Å²) in [6, 6.07) is 2.19. The van der Waals surface area contributed by atoms with Crippen LogP contribution in [0.4, 0.5) is 0 Å². The number of halogens is 3.